The van der Waals surface area contributed by atoms with Gasteiger partial charge in [0.05, 0.1) is 11.3 Å². The second kappa shape index (κ2) is 5.21. The first kappa shape index (κ1) is 14.2. The largest absolute Gasteiger partial charge is 0.345 e. The lowest BCUT2D eigenvalue weighted by atomic mass is 9.95. The molecule has 1 N–H and O–H groups in total. The summed E-state index contributed by atoms with van der Waals surface area (Å²) in [4.78, 5) is 25.4. The smallest absolute Gasteiger partial charge is 0.255 e. The van der Waals surface area contributed by atoms with E-state index in [-0.39, 0.29) is 11.8 Å². The summed E-state index contributed by atoms with van der Waals surface area (Å²) in [6.45, 7) is 5.50. The second-order valence-corrected chi connectivity index (χ2v) is 5.45. The Kier molecular flexibility index (Phi) is 4.11. The van der Waals surface area contributed by atoms with Crippen molar-refractivity contribution in [2.75, 3.05) is 19.4 Å². The van der Waals surface area contributed by atoms with Crippen LogP contribution in [0.5, 0.6) is 0 Å². The quantitative estimate of drug-likeness (QED) is 0.873. The summed E-state index contributed by atoms with van der Waals surface area (Å²) in [5.74, 6) is -0.235. The number of carbonyl (C=O) groups excluding carboxylic acids is 2. The number of anilines is 1. The van der Waals surface area contributed by atoms with E-state index in [0.717, 1.165) is 0 Å². The predicted molar refractivity (Wildman–Crippen MR) is 72.5 cm³/mol. The van der Waals surface area contributed by atoms with Crippen LogP contribution in [0.25, 0.3) is 0 Å². The Labute approximate surface area is 108 Å². The van der Waals surface area contributed by atoms with Crippen molar-refractivity contribution in [1.82, 2.24) is 4.90 Å². The van der Waals surface area contributed by atoms with E-state index in [1.54, 1.807) is 38.4 Å². The standard InChI is InChI=1S/C14H20N2O2/c1-14(2,3)13(18)15-11-9-7-6-8-10(11)12(17)16(4)5/h6-9H,1-5H3,(H,15,18). The Hall–Kier alpha value is -1.84. The van der Waals surface area contributed by atoms with Crippen molar-refractivity contribution >= 4 is 17.5 Å². The van der Waals surface area contributed by atoms with Crippen molar-refractivity contribution in [3.8, 4) is 0 Å². The summed E-state index contributed by atoms with van der Waals surface area (Å²) in [7, 11) is 3.37. The minimum Gasteiger partial charge on any atom is -0.345 e. The first-order chi connectivity index (χ1) is 8.23. The third-order valence-electron chi connectivity index (χ3n) is 2.49. The zero-order chi connectivity index (χ0) is 13.9. The zero-order valence-corrected chi connectivity index (χ0v) is 11.6. The minimum atomic E-state index is -0.492. The number of benzene rings is 1. The maximum Gasteiger partial charge on any atom is 0.255 e. The Bertz CT molecular complexity index is 459. The molecule has 0 saturated heterocycles. The molecule has 0 aliphatic carbocycles. The minimum absolute atomic E-state index is 0.110. The predicted octanol–water partition coefficient (Wildman–Crippen LogP) is 2.37. The molecule has 0 aromatic heterocycles. The van der Waals surface area contributed by atoms with Crippen LogP contribution in [0.15, 0.2) is 24.3 Å². The lowest BCUT2D eigenvalue weighted by Gasteiger charge is -2.20. The summed E-state index contributed by atoms with van der Waals surface area (Å²) in [5, 5.41) is 2.80. The van der Waals surface area contributed by atoms with Gasteiger partial charge in [-0.15, -0.1) is 0 Å². The Morgan fingerprint density at radius 3 is 2.17 bits per heavy atom. The Morgan fingerprint density at radius 2 is 1.67 bits per heavy atom. The highest BCUT2D eigenvalue weighted by atomic mass is 16.2. The van der Waals surface area contributed by atoms with E-state index in [9.17, 15) is 9.59 Å². The van der Waals surface area contributed by atoms with Crippen molar-refractivity contribution in [2.24, 2.45) is 5.41 Å². The van der Waals surface area contributed by atoms with Gasteiger partial charge in [-0.25, -0.2) is 0 Å². The molecule has 0 aliphatic heterocycles. The molecule has 98 valence electrons. The van der Waals surface area contributed by atoms with Gasteiger partial charge in [0.1, 0.15) is 0 Å². The molecule has 4 heteroatoms. The highest BCUT2D eigenvalue weighted by Gasteiger charge is 2.23. The fourth-order valence-corrected chi connectivity index (χ4v) is 1.33. The van der Waals surface area contributed by atoms with Crippen LogP contribution in [0.2, 0.25) is 0 Å². The van der Waals surface area contributed by atoms with Gasteiger partial charge in [-0.1, -0.05) is 32.9 Å². The summed E-state index contributed by atoms with van der Waals surface area (Å²) in [6, 6.07) is 7.02. The van der Waals surface area contributed by atoms with Crippen molar-refractivity contribution in [2.45, 2.75) is 20.8 Å². The molecular formula is C14H20N2O2. The van der Waals surface area contributed by atoms with E-state index >= 15 is 0 Å². The monoisotopic (exact) mass is 248 g/mol. The average Bonchev–Trinajstić information content (AvgIpc) is 2.27. The van der Waals surface area contributed by atoms with Crippen molar-refractivity contribution in [3.63, 3.8) is 0 Å². The van der Waals surface area contributed by atoms with Crippen LogP contribution < -0.4 is 5.32 Å². The van der Waals surface area contributed by atoms with E-state index in [1.807, 2.05) is 20.8 Å². The van der Waals surface area contributed by atoms with Gasteiger partial charge >= 0.3 is 0 Å². The first-order valence-electron chi connectivity index (χ1n) is 5.85. The van der Waals surface area contributed by atoms with Crippen molar-refractivity contribution in [1.29, 1.82) is 0 Å². The molecule has 0 radical (unpaired) electrons. The highest BCUT2D eigenvalue weighted by Crippen LogP contribution is 2.21. The van der Waals surface area contributed by atoms with E-state index in [1.165, 1.54) is 4.90 Å². The topological polar surface area (TPSA) is 49.4 Å². The lowest BCUT2D eigenvalue weighted by Crippen LogP contribution is -2.29. The van der Waals surface area contributed by atoms with Crippen LogP contribution >= 0.6 is 0 Å². The van der Waals surface area contributed by atoms with Crippen LogP contribution in [0, 0.1) is 5.41 Å². The van der Waals surface area contributed by atoms with E-state index in [4.69, 9.17) is 0 Å². The maximum absolute atomic E-state index is 12.0. The van der Waals surface area contributed by atoms with Gasteiger partial charge in [0.15, 0.2) is 0 Å². The van der Waals surface area contributed by atoms with Crippen LogP contribution in [0.3, 0.4) is 0 Å². The molecule has 2 amide bonds. The fourth-order valence-electron chi connectivity index (χ4n) is 1.33. The summed E-state index contributed by atoms with van der Waals surface area (Å²) >= 11 is 0. The first-order valence-corrected chi connectivity index (χ1v) is 5.85. The molecule has 4 nitrogen and oxygen atoms in total. The molecule has 0 spiro atoms. The molecular weight excluding hydrogens is 228 g/mol. The van der Waals surface area contributed by atoms with Crippen molar-refractivity contribution in [3.05, 3.63) is 29.8 Å². The molecule has 1 aromatic rings. The van der Waals surface area contributed by atoms with Crippen LogP contribution in [0.4, 0.5) is 5.69 Å². The van der Waals surface area contributed by atoms with Crippen LogP contribution in [0.1, 0.15) is 31.1 Å². The summed E-state index contributed by atoms with van der Waals surface area (Å²) < 4.78 is 0. The van der Waals surface area contributed by atoms with E-state index in [2.05, 4.69) is 5.32 Å². The fraction of sp³-hybridized carbons (Fsp3) is 0.429. The molecule has 0 unspecified atom stereocenters. The molecule has 18 heavy (non-hydrogen) atoms. The lowest BCUT2D eigenvalue weighted by molar-refractivity contribution is -0.123. The second-order valence-electron chi connectivity index (χ2n) is 5.45. The SMILES string of the molecule is CN(C)C(=O)c1ccccc1NC(=O)C(C)(C)C. The molecule has 1 aromatic carbocycles. The van der Waals surface area contributed by atoms with Gasteiger partial charge in [0.2, 0.25) is 5.91 Å². The van der Waals surface area contributed by atoms with E-state index in [0.29, 0.717) is 11.3 Å². The average molecular weight is 248 g/mol. The van der Waals surface area contributed by atoms with Gasteiger partial charge in [0.25, 0.3) is 5.91 Å². The van der Waals surface area contributed by atoms with Crippen LogP contribution in [-0.2, 0) is 4.79 Å². The number of hydrogen-bond acceptors (Lipinski definition) is 2. The number of rotatable bonds is 2. The van der Waals surface area contributed by atoms with Gasteiger partial charge < -0.3 is 10.2 Å². The number of amides is 2. The molecule has 0 bridgehead atoms. The van der Waals surface area contributed by atoms with Gasteiger partial charge in [-0.2, -0.15) is 0 Å². The Balaban J connectivity index is 3.04. The summed E-state index contributed by atoms with van der Waals surface area (Å²) in [5.41, 5.74) is 0.560. The van der Waals surface area contributed by atoms with Crippen molar-refractivity contribution < 1.29 is 9.59 Å². The number of carbonyl (C=O) groups is 2. The Morgan fingerprint density at radius 1 is 1.11 bits per heavy atom. The molecule has 0 heterocycles. The van der Waals surface area contributed by atoms with Gasteiger partial charge in [0, 0.05) is 19.5 Å². The number of nitrogens with zero attached hydrogens (tertiary/aromatic N) is 1. The maximum atomic E-state index is 12.0. The highest BCUT2D eigenvalue weighted by molar-refractivity contribution is 6.04. The third kappa shape index (κ3) is 3.32. The molecule has 1 rings (SSSR count). The summed E-state index contributed by atoms with van der Waals surface area (Å²) in [6.07, 6.45) is 0. The molecule has 0 saturated carbocycles. The third-order valence-corrected chi connectivity index (χ3v) is 2.49. The zero-order valence-electron chi connectivity index (χ0n) is 11.6. The number of para-hydroxylation sites is 1. The molecule has 0 aliphatic rings. The number of hydrogen-bond donors (Lipinski definition) is 1. The van der Waals surface area contributed by atoms with Gasteiger partial charge in [-0.05, 0) is 12.1 Å². The van der Waals surface area contributed by atoms with E-state index < -0.39 is 5.41 Å². The number of nitrogens with one attached hydrogen (secondary N) is 1. The van der Waals surface area contributed by atoms with Crippen LogP contribution in [-0.4, -0.2) is 30.8 Å². The van der Waals surface area contributed by atoms with Gasteiger partial charge in [-0.3, -0.25) is 9.59 Å². The molecule has 0 fully saturated rings. The molecule has 0 atom stereocenters. The normalized spacial score (nSPS) is 10.9.